The molecule has 0 aliphatic rings. The van der Waals surface area contributed by atoms with Crippen molar-refractivity contribution in [2.75, 3.05) is 54.1 Å². The summed E-state index contributed by atoms with van der Waals surface area (Å²) in [6.45, 7) is 5.27. The van der Waals surface area contributed by atoms with Crippen LogP contribution in [0.1, 0.15) is 181 Å². The van der Waals surface area contributed by atoms with Gasteiger partial charge >= 0.3 is 13.8 Å². The summed E-state index contributed by atoms with van der Waals surface area (Å²) >= 11 is 0. The van der Waals surface area contributed by atoms with Crippen LogP contribution in [0.5, 0.6) is 0 Å². The van der Waals surface area contributed by atoms with Crippen LogP contribution in [0.4, 0.5) is 0 Å². The molecule has 382 valence electrons. The Kier molecular flexibility index (Phi) is 47.0. The number of rotatable bonds is 47. The molecule has 0 saturated carbocycles. The van der Waals surface area contributed by atoms with Gasteiger partial charge in [-0.25, -0.2) is 4.57 Å². The molecule has 0 radical (unpaired) electrons. The maximum absolute atomic E-state index is 12.7. The van der Waals surface area contributed by atoms with E-state index in [0.29, 0.717) is 24.1 Å². The number of hydrogen-bond donors (Lipinski definition) is 1. The van der Waals surface area contributed by atoms with Crippen LogP contribution in [0.2, 0.25) is 0 Å². The van der Waals surface area contributed by atoms with Gasteiger partial charge in [-0.2, -0.15) is 0 Å². The van der Waals surface area contributed by atoms with Crippen molar-refractivity contribution in [2.24, 2.45) is 0 Å². The third kappa shape index (κ3) is 53.7. The van der Waals surface area contributed by atoms with E-state index in [-0.39, 0.29) is 26.2 Å². The summed E-state index contributed by atoms with van der Waals surface area (Å²) in [7, 11) is 1.60. The highest BCUT2D eigenvalue weighted by Gasteiger charge is 2.26. The molecule has 9 heteroatoms. The lowest BCUT2D eigenvalue weighted by Gasteiger charge is -2.24. The summed E-state index contributed by atoms with van der Waals surface area (Å²) in [5.74, 6) is -0.399. The Bertz CT molecular complexity index is 1480. The summed E-state index contributed by atoms with van der Waals surface area (Å²) in [6, 6.07) is 0. The van der Waals surface area contributed by atoms with Gasteiger partial charge in [0, 0.05) is 13.0 Å². The van der Waals surface area contributed by atoms with Crippen LogP contribution in [0.25, 0.3) is 0 Å². The molecule has 2 atom stereocenters. The zero-order chi connectivity index (χ0) is 49.0. The van der Waals surface area contributed by atoms with E-state index in [0.717, 1.165) is 77.0 Å². The highest BCUT2D eigenvalue weighted by molar-refractivity contribution is 7.47. The van der Waals surface area contributed by atoms with Crippen molar-refractivity contribution in [3.05, 3.63) is 122 Å². The van der Waals surface area contributed by atoms with Gasteiger partial charge in [-0.1, -0.05) is 206 Å². The van der Waals surface area contributed by atoms with Crippen molar-refractivity contribution in [1.82, 2.24) is 0 Å². The molecule has 0 heterocycles. The van der Waals surface area contributed by atoms with Crippen LogP contribution in [0.3, 0.4) is 0 Å². The predicted molar refractivity (Wildman–Crippen MR) is 288 cm³/mol. The molecule has 0 amide bonds. The van der Waals surface area contributed by atoms with Crippen molar-refractivity contribution < 1.29 is 37.3 Å². The SMILES string of the molecule is CC/C=C\C/C=C\C/C=C\C/C=C\C/C=C\C/C=C\CCC(=O)OC(COCCCCCCCCCCCCCCC/C=C\C/C=C\C/C=C\C/C=C\CC)COP(=O)(O)OCC[N+](C)(C)C. The van der Waals surface area contributed by atoms with Crippen molar-refractivity contribution in [2.45, 2.75) is 187 Å². The summed E-state index contributed by atoms with van der Waals surface area (Å²) in [5.41, 5.74) is 0. The minimum atomic E-state index is -4.31. The Labute approximate surface area is 412 Å². The zero-order valence-corrected chi connectivity index (χ0v) is 44.2. The molecule has 2 unspecified atom stereocenters. The average molecular weight is 953 g/mol. The van der Waals surface area contributed by atoms with E-state index in [9.17, 15) is 14.3 Å². The number of esters is 1. The second-order valence-electron chi connectivity index (χ2n) is 18.1. The number of quaternary nitrogens is 1. The zero-order valence-electron chi connectivity index (χ0n) is 43.3. The van der Waals surface area contributed by atoms with Crippen molar-refractivity contribution >= 4 is 13.8 Å². The van der Waals surface area contributed by atoms with E-state index in [4.69, 9.17) is 18.5 Å². The lowest BCUT2D eigenvalue weighted by molar-refractivity contribution is -0.870. The summed E-state index contributed by atoms with van der Waals surface area (Å²) in [5, 5.41) is 0. The Morgan fingerprint density at radius 3 is 1.22 bits per heavy atom. The lowest BCUT2D eigenvalue weighted by Crippen LogP contribution is -2.37. The summed E-state index contributed by atoms with van der Waals surface area (Å²) < 4.78 is 35.1. The Morgan fingerprint density at radius 2 is 0.821 bits per heavy atom. The molecule has 0 aliphatic carbocycles. The standard InChI is InChI=1S/C58H98NO7P/c1-6-8-10-12-14-16-18-20-22-24-26-27-28-29-30-31-32-34-36-38-40-42-44-46-48-50-53-63-55-57(56-65-67(61,62)64-54-52-59(3,4)5)66-58(60)51-49-47-45-43-41-39-37-35-33-25-23-21-19-17-15-13-11-9-7-2/h8-11,14-17,20-23,26-27,33,35,39,41,45,47,57H,6-7,12-13,18-19,24-25,28-32,34,36-38,40,42-44,46,48-56H2,1-5H3/p+1/b10-8-,11-9-,16-14-,17-15-,22-20-,23-21-,27-26-,35-33-,41-39-,47-45-. The minimum absolute atomic E-state index is 0.0683. The molecule has 0 rings (SSSR count). The molecule has 0 fully saturated rings. The molecular weight excluding hydrogens is 854 g/mol. The van der Waals surface area contributed by atoms with E-state index < -0.39 is 19.9 Å². The molecular formula is C58H99NO7P+. The van der Waals surface area contributed by atoms with E-state index in [1.54, 1.807) is 0 Å². The molecule has 0 aromatic rings. The Morgan fingerprint density at radius 1 is 0.463 bits per heavy atom. The van der Waals surface area contributed by atoms with Crippen LogP contribution in [-0.2, 0) is 27.9 Å². The molecule has 8 nitrogen and oxygen atoms in total. The van der Waals surface area contributed by atoms with Crippen LogP contribution >= 0.6 is 7.82 Å². The van der Waals surface area contributed by atoms with Gasteiger partial charge in [0.2, 0.25) is 0 Å². The predicted octanol–water partition coefficient (Wildman–Crippen LogP) is 16.5. The molecule has 0 aliphatic heterocycles. The van der Waals surface area contributed by atoms with E-state index in [2.05, 4.69) is 123 Å². The maximum Gasteiger partial charge on any atom is 0.472 e. The molecule has 0 saturated heterocycles. The fourth-order valence-electron chi connectivity index (χ4n) is 6.57. The number of phosphoric ester groups is 1. The number of hydrogen-bond acceptors (Lipinski definition) is 6. The summed E-state index contributed by atoms with van der Waals surface area (Å²) in [6.07, 6.45) is 71.3. The number of nitrogens with zero attached hydrogens (tertiary/aromatic N) is 1. The van der Waals surface area contributed by atoms with E-state index in [1.165, 1.54) is 77.0 Å². The van der Waals surface area contributed by atoms with Gasteiger partial charge in [0.1, 0.15) is 19.3 Å². The first-order valence-electron chi connectivity index (χ1n) is 26.3. The van der Waals surface area contributed by atoms with Crippen LogP contribution < -0.4 is 0 Å². The van der Waals surface area contributed by atoms with Gasteiger partial charge in [0.05, 0.1) is 34.4 Å². The second-order valence-corrected chi connectivity index (χ2v) is 19.6. The fourth-order valence-corrected chi connectivity index (χ4v) is 7.31. The Hall–Kier alpha value is -3.10. The molecule has 67 heavy (non-hydrogen) atoms. The van der Waals surface area contributed by atoms with Gasteiger partial charge in [0.25, 0.3) is 0 Å². The first-order chi connectivity index (χ1) is 32.6. The number of unbranched alkanes of at least 4 members (excludes halogenated alkanes) is 13. The van der Waals surface area contributed by atoms with Gasteiger partial charge in [0.15, 0.2) is 0 Å². The van der Waals surface area contributed by atoms with E-state index in [1.807, 2.05) is 33.3 Å². The van der Waals surface area contributed by atoms with Crippen molar-refractivity contribution in [3.63, 3.8) is 0 Å². The van der Waals surface area contributed by atoms with Gasteiger partial charge < -0.3 is 18.9 Å². The number of phosphoric acid groups is 1. The maximum atomic E-state index is 12.7. The average Bonchev–Trinajstić information content (AvgIpc) is 3.29. The van der Waals surface area contributed by atoms with Gasteiger partial charge in [-0.05, 0) is 89.9 Å². The fraction of sp³-hybridized carbons (Fsp3) is 0.638. The molecule has 0 spiro atoms. The number of allylic oxidation sites excluding steroid dienone is 20. The molecule has 0 bridgehead atoms. The largest absolute Gasteiger partial charge is 0.472 e. The second kappa shape index (κ2) is 49.3. The topological polar surface area (TPSA) is 91.3 Å². The molecule has 0 aromatic carbocycles. The molecule has 0 aromatic heterocycles. The minimum Gasteiger partial charge on any atom is -0.457 e. The van der Waals surface area contributed by atoms with Gasteiger partial charge in [-0.15, -0.1) is 0 Å². The summed E-state index contributed by atoms with van der Waals surface area (Å²) in [4.78, 5) is 23.0. The van der Waals surface area contributed by atoms with Gasteiger partial charge in [-0.3, -0.25) is 13.8 Å². The first-order valence-corrected chi connectivity index (χ1v) is 27.8. The monoisotopic (exact) mass is 953 g/mol. The third-order valence-electron chi connectivity index (χ3n) is 10.5. The third-order valence-corrected chi connectivity index (χ3v) is 11.5. The van der Waals surface area contributed by atoms with Crippen LogP contribution in [-0.4, -0.2) is 75.6 Å². The van der Waals surface area contributed by atoms with Crippen LogP contribution in [0, 0.1) is 0 Å². The number of carbonyl (C=O) groups excluding carboxylic acids is 1. The van der Waals surface area contributed by atoms with Crippen molar-refractivity contribution in [3.8, 4) is 0 Å². The number of carbonyl (C=O) groups is 1. The number of likely N-dealkylation sites (N-methyl/N-ethyl adjacent to an activating group) is 1. The lowest BCUT2D eigenvalue weighted by atomic mass is 10.0. The van der Waals surface area contributed by atoms with Crippen molar-refractivity contribution in [1.29, 1.82) is 0 Å². The van der Waals surface area contributed by atoms with Crippen LogP contribution in [0.15, 0.2) is 122 Å². The highest BCUT2D eigenvalue weighted by Crippen LogP contribution is 2.43. The highest BCUT2D eigenvalue weighted by atomic mass is 31.2. The Balaban J connectivity index is 4.22. The first kappa shape index (κ1) is 63.9. The number of ether oxygens (including phenoxy) is 2. The normalized spacial score (nSPS) is 14.5. The van der Waals surface area contributed by atoms with E-state index >= 15 is 0 Å². The molecule has 1 N–H and O–H groups in total. The quantitative estimate of drug-likeness (QED) is 0.0214. The smallest absolute Gasteiger partial charge is 0.457 e.